The number of sulfone groups is 1. The van der Waals surface area contributed by atoms with Gasteiger partial charge in [0, 0.05) is 16.6 Å². The van der Waals surface area contributed by atoms with E-state index in [2.05, 4.69) is 0 Å². The third-order valence-corrected chi connectivity index (χ3v) is 7.32. The molecule has 150 valence electrons. The molecule has 2 heterocycles. The zero-order chi connectivity index (χ0) is 20.8. The van der Waals surface area contributed by atoms with Crippen molar-refractivity contribution >= 4 is 38.9 Å². The average Bonchev–Trinajstić information content (AvgIpc) is 3.19. The summed E-state index contributed by atoms with van der Waals surface area (Å²) in [5.74, 6) is -2.14. The number of carbonyl (C=O) groups excluding carboxylic acids is 2. The maximum Gasteiger partial charge on any atom is 0.295 e. The molecule has 8 heteroatoms. The zero-order valence-corrected chi connectivity index (χ0v) is 16.9. The fraction of sp³-hybridized carbons (Fsp3) is 0.238. The molecule has 1 amide bonds. The molecule has 0 bridgehead atoms. The van der Waals surface area contributed by atoms with E-state index < -0.39 is 33.6 Å². The number of rotatable bonds is 3. The number of hydrogen-bond donors (Lipinski definition) is 1. The van der Waals surface area contributed by atoms with Crippen molar-refractivity contribution in [3.05, 3.63) is 76.3 Å². The Balaban J connectivity index is 1.89. The van der Waals surface area contributed by atoms with Crippen molar-refractivity contribution in [2.75, 3.05) is 11.5 Å². The van der Waals surface area contributed by atoms with Gasteiger partial charge in [-0.15, -0.1) is 0 Å². The molecule has 2 fully saturated rings. The number of ketones is 1. The minimum Gasteiger partial charge on any atom is -0.507 e. The lowest BCUT2D eigenvalue weighted by molar-refractivity contribution is -0.141. The van der Waals surface area contributed by atoms with Crippen LogP contribution in [0.2, 0.25) is 5.02 Å². The smallest absolute Gasteiger partial charge is 0.295 e. The summed E-state index contributed by atoms with van der Waals surface area (Å²) < 4.78 is 24.0. The maximum absolute atomic E-state index is 12.9. The van der Waals surface area contributed by atoms with Gasteiger partial charge in [-0.05, 0) is 24.1 Å². The summed E-state index contributed by atoms with van der Waals surface area (Å²) in [6.07, 6.45) is 0.255. The van der Waals surface area contributed by atoms with Gasteiger partial charge in [0.25, 0.3) is 11.7 Å². The van der Waals surface area contributed by atoms with E-state index in [4.69, 9.17) is 11.6 Å². The lowest BCUT2D eigenvalue weighted by Crippen LogP contribution is -2.40. The molecular formula is C21H18ClNO5S. The van der Waals surface area contributed by atoms with Crippen molar-refractivity contribution in [3.8, 4) is 0 Å². The first-order valence-corrected chi connectivity index (χ1v) is 11.3. The number of aliphatic hydroxyl groups excluding tert-OH is 1. The summed E-state index contributed by atoms with van der Waals surface area (Å²) >= 11 is 5.98. The van der Waals surface area contributed by atoms with Crippen molar-refractivity contribution in [1.82, 2.24) is 4.90 Å². The first kappa shape index (κ1) is 19.7. The zero-order valence-electron chi connectivity index (χ0n) is 15.3. The lowest BCUT2D eigenvalue weighted by atomic mass is 9.95. The second kappa shape index (κ2) is 7.31. The number of halogens is 1. The Morgan fingerprint density at radius 1 is 1.03 bits per heavy atom. The van der Waals surface area contributed by atoms with E-state index in [0.717, 1.165) is 0 Å². The number of amides is 1. The number of likely N-dealkylation sites (tertiary alicyclic amines) is 1. The van der Waals surface area contributed by atoms with Crippen LogP contribution in [-0.4, -0.2) is 47.7 Å². The fourth-order valence-electron chi connectivity index (χ4n) is 3.95. The van der Waals surface area contributed by atoms with Crippen LogP contribution in [0.3, 0.4) is 0 Å². The molecule has 2 aliphatic rings. The quantitative estimate of drug-likeness (QED) is 0.458. The Hall–Kier alpha value is -2.64. The van der Waals surface area contributed by atoms with E-state index in [-0.39, 0.29) is 29.3 Å². The fourth-order valence-corrected chi connectivity index (χ4v) is 5.78. The number of nitrogens with zero attached hydrogens (tertiary/aromatic N) is 1. The summed E-state index contributed by atoms with van der Waals surface area (Å²) in [6, 6.07) is 13.6. The van der Waals surface area contributed by atoms with Gasteiger partial charge in [-0.1, -0.05) is 54.1 Å². The normalized spacial score (nSPS) is 25.5. The predicted octanol–water partition coefficient (Wildman–Crippen LogP) is 2.95. The van der Waals surface area contributed by atoms with Gasteiger partial charge in [-0.2, -0.15) is 0 Å². The average molecular weight is 432 g/mol. The maximum atomic E-state index is 12.9. The third kappa shape index (κ3) is 3.56. The van der Waals surface area contributed by atoms with Gasteiger partial charge >= 0.3 is 0 Å². The second-order valence-corrected chi connectivity index (χ2v) is 9.85. The predicted molar refractivity (Wildman–Crippen MR) is 109 cm³/mol. The summed E-state index contributed by atoms with van der Waals surface area (Å²) in [4.78, 5) is 27.1. The van der Waals surface area contributed by atoms with Gasteiger partial charge in [-0.25, -0.2) is 8.42 Å². The molecule has 2 aliphatic heterocycles. The monoisotopic (exact) mass is 431 g/mol. The number of hydrogen-bond acceptors (Lipinski definition) is 5. The number of Topliss-reactive ketones (excluding diaryl/α,β-unsaturated/α-hetero) is 1. The molecule has 29 heavy (non-hydrogen) atoms. The Labute approximate surface area is 173 Å². The second-order valence-electron chi connectivity index (χ2n) is 7.18. The van der Waals surface area contributed by atoms with Crippen LogP contribution in [0.25, 0.3) is 5.76 Å². The van der Waals surface area contributed by atoms with Crippen LogP contribution in [0, 0.1) is 0 Å². The summed E-state index contributed by atoms with van der Waals surface area (Å²) in [7, 11) is -3.28. The first-order chi connectivity index (χ1) is 13.8. The van der Waals surface area contributed by atoms with Gasteiger partial charge < -0.3 is 10.0 Å². The van der Waals surface area contributed by atoms with Crippen LogP contribution in [0.5, 0.6) is 0 Å². The molecule has 4 rings (SSSR count). The third-order valence-electron chi connectivity index (χ3n) is 5.31. The van der Waals surface area contributed by atoms with Crippen LogP contribution in [-0.2, 0) is 19.4 Å². The molecule has 6 nitrogen and oxygen atoms in total. The van der Waals surface area contributed by atoms with Crippen molar-refractivity contribution in [2.24, 2.45) is 0 Å². The minimum absolute atomic E-state index is 0.0350. The Morgan fingerprint density at radius 3 is 2.28 bits per heavy atom. The van der Waals surface area contributed by atoms with Gasteiger partial charge in [0.2, 0.25) is 0 Å². The van der Waals surface area contributed by atoms with Crippen LogP contribution in [0.4, 0.5) is 0 Å². The van der Waals surface area contributed by atoms with E-state index in [1.807, 2.05) is 0 Å². The molecule has 2 aromatic carbocycles. The van der Waals surface area contributed by atoms with Crippen molar-refractivity contribution in [1.29, 1.82) is 0 Å². The molecule has 2 aromatic rings. The van der Waals surface area contributed by atoms with E-state index in [0.29, 0.717) is 16.1 Å². The highest BCUT2D eigenvalue weighted by atomic mass is 35.5. The molecular weight excluding hydrogens is 414 g/mol. The van der Waals surface area contributed by atoms with Crippen LogP contribution in [0.15, 0.2) is 60.2 Å². The summed E-state index contributed by atoms with van der Waals surface area (Å²) in [5.41, 5.74) is 0.937. The SMILES string of the molecule is O=C1C(=O)N(C2CCS(=O)(=O)C2)C(c2ccc(Cl)cc2)/C1=C(/O)c1ccccc1. The topological polar surface area (TPSA) is 91.8 Å². The molecule has 0 spiro atoms. The van der Waals surface area contributed by atoms with Crippen molar-refractivity contribution in [2.45, 2.75) is 18.5 Å². The molecule has 2 saturated heterocycles. The molecule has 2 atom stereocenters. The van der Waals surface area contributed by atoms with Gasteiger partial charge in [-0.3, -0.25) is 9.59 Å². The standard InChI is InChI=1S/C21H18ClNO5S/c22-15-8-6-13(7-9-15)18-17(19(24)14-4-2-1-3-5-14)20(25)21(26)23(18)16-10-11-29(27,28)12-16/h1-9,16,18,24H,10-12H2/b19-17-. The molecule has 0 aromatic heterocycles. The Kier molecular flexibility index (Phi) is 4.96. The molecule has 2 unspecified atom stereocenters. The molecule has 0 radical (unpaired) electrons. The summed E-state index contributed by atoms with van der Waals surface area (Å²) in [5, 5.41) is 11.4. The van der Waals surface area contributed by atoms with E-state index in [1.165, 1.54) is 4.90 Å². The van der Waals surface area contributed by atoms with E-state index in [1.54, 1.807) is 54.6 Å². The minimum atomic E-state index is -3.28. The van der Waals surface area contributed by atoms with Crippen LogP contribution in [0.1, 0.15) is 23.6 Å². The van der Waals surface area contributed by atoms with Crippen molar-refractivity contribution in [3.63, 3.8) is 0 Å². The summed E-state index contributed by atoms with van der Waals surface area (Å²) in [6.45, 7) is 0. The first-order valence-electron chi connectivity index (χ1n) is 9.10. The molecule has 0 aliphatic carbocycles. The van der Waals surface area contributed by atoms with Gasteiger partial charge in [0.1, 0.15) is 5.76 Å². The molecule has 0 saturated carbocycles. The van der Waals surface area contributed by atoms with Crippen molar-refractivity contribution < 1.29 is 23.1 Å². The largest absolute Gasteiger partial charge is 0.507 e. The van der Waals surface area contributed by atoms with E-state index in [9.17, 15) is 23.1 Å². The lowest BCUT2D eigenvalue weighted by Gasteiger charge is -2.30. The number of benzene rings is 2. The molecule has 1 N–H and O–H groups in total. The Bertz CT molecular complexity index is 1110. The van der Waals surface area contributed by atoms with E-state index >= 15 is 0 Å². The van der Waals surface area contributed by atoms with Crippen LogP contribution >= 0.6 is 11.6 Å². The highest BCUT2D eigenvalue weighted by Crippen LogP contribution is 2.42. The van der Waals surface area contributed by atoms with Gasteiger partial charge in [0.05, 0.1) is 23.1 Å². The van der Waals surface area contributed by atoms with Gasteiger partial charge in [0.15, 0.2) is 9.84 Å². The highest BCUT2D eigenvalue weighted by molar-refractivity contribution is 7.91. The number of aliphatic hydroxyl groups is 1. The van der Waals surface area contributed by atoms with Crippen LogP contribution < -0.4 is 0 Å². The Morgan fingerprint density at radius 2 is 1.69 bits per heavy atom. The highest BCUT2D eigenvalue weighted by Gasteiger charge is 2.50. The number of carbonyl (C=O) groups is 2.